The van der Waals surface area contributed by atoms with Crippen molar-refractivity contribution in [2.45, 2.75) is 25.9 Å². The summed E-state index contributed by atoms with van der Waals surface area (Å²) in [6.07, 6.45) is 1.57. The third-order valence-corrected chi connectivity index (χ3v) is 4.75. The number of carbonyl (C=O) groups excluding carboxylic acids is 1. The Hall–Kier alpha value is -2.92. The number of rotatable bonds is 6. The Bertz CT molecular complexity index is 933. The molecule has 4 rings (SSSR count). The molecule has 2 aromatic carbocycles. The van der Waals surface area contributed by atoms with Crippen LogP contribution in [0.1, 0.15) is 24.2 Å². The maximum absolute atomic E-state index is 13.8. The number of furan rings is 1. The van der Waals surface area contributed by atoms with Gasteiger partial charge in [-0.2, -0.15) is 0 Å². The van der Waals surface area contributed by atoms with Gasteiger partial charge in [0.15, 0.2) is 0 Å². The molecule has 1 aliphatic rings. The Morgan fingerprint density at radius 1 is 1.00 bits per heavy atom. The Labute approximate surface area is 157 Å². The Kier molecular flexibility index (Phi) is 5.03. The molecule has 5 heteroatoms. The van der Waals surface area contributed by atoms with Crippen LogP contribution in [0.25, 0.3) is 11.3 Å². The lowest BCUT2D eigenvalue weighted by Gasteiger charge is -2.16. The molecule has 138 valence electrons. The van der Waals surface area contributed by atoms with Gasteiger partial charge in [0.05, 0.1) is 12.1 Å². The molecule has 0 spiro atoms. The summed E-state index contributed by atoms with van der Waals surface area (Å²) in [5.41, 5.74) is 2.56. The summed E-state index contributed by atoms with van der Waals surface area (Å²) in [6.45, 7) is 2.05. The number of carbonyl (C=O) groups is 1. The monoisotopic (exact) mass is 364 g/mol. The molecular weight excluding hydrogens is 343 g/mol. The van der Waals surface area contributed by atoms with E-state index in [1.807, 2.05) is 35.2 Å². The highest BCUT2D eigenvalue weighted by atomic mass is 19.1. The van der Waals surface area contributed by atoms with Gasteiger partial charge in [-0.25, -0.2) is 4.39 Å². The van der Waals surface area contributed by atoms with E-state index >= 15 is 0 Å². The smallest absolute Gasteiger partial charge is 0.227 e. The van der Waals surface area contributed by atoms with Gasteiger partial charge in [0.25, 0.3) is 0 Å². The molecule has 2 heterocycles. The molecule has 1 fully saturated rings. The molecule has 1 saturated heterocycles. The number of anilines is 1. The van der Waals surface area contributed by atoms with E-state index in [2.05, 4.69) is 5.32 Å². The first-order valence-electron chi connectivity index (χ1n) is 9.14. The minimum Gasteiger partial charge on any atom is -0.460 e. The zero-order chi connectivity index (χ0) is 18.6. The molecule has 0 aliphatic carbocycles. The summed E-state index contributed by atoms with van der Waals surface area (Å²) in [5, 5.41) is 3.33. The van der Waals surface area contributed by atoms with Crippen molar-refractivity contribution in [1.82, 2.24) is 5.32 Å². The summed E-state index contributed by atoms with van der Waals surface area (Å²) in [7, 11) is 0. The standard InChI is InChI=1S/C22H21FN2O2/c23-20-5-2-1-4-19(20)21-12-11-18(27-21)15-24-14-16-7-9-17(10-8-16)25-13-3-6-22(25)26/h1-2,4-5,7-12,24H,3,6,13-15H2. The fourth-order valence-electron chi connectivity index (χ4n) is 3.32. The van der Waals surface area contributed by atoms with Gasteiger partial charge >= 0.3 is 0 Å². The second kappa shape index (κ2) is 7.76. The molecule has 1 N–H and O–H groups in total. The van der Waals surface area contributed by atoms with E-state index in [9.17, 15) is 9.18 Å². The van der Waals surface area contributed by atoms with E-state index in [-0.39, 0.29) is 11.7 Å². The van der Waals surface area contributed by atoms with Crippen LogP contribution in [0.5, 0.6) is 0 Å². The van der Waals surface area contributed by atoms with Crippen LogP contribution in [0.3, 0.4) is 0 Å². The fourth-order valence-corrected chi connectivity index (χ4v) is 3.32. The first kappa shape index (κ1) is 17.5. The molecule has 1 aliphatic heterocycles. The van der Waals surface area contributed by atoms with Crippen molar-refractivity contribution >= 4 is 11.6 Å². The molecule has 1 aromatic heterocycles. The van der Waals surface area contributed by atoms with Crippen molar-refractivity contribution in [3.05, 3.63) is 77.8 Å². The van der Waals surface area contributed by atoms with Crippen molar-refractivity contribution in [3.63, 3.8) is 0 Å². The third kappa shape index (κ3) is 3.93. The molecule has 3 aromatic rings. The average molecular weight is 364 g/mol. The molecule has 0 saturated carbocycles. The number of amides is 1. The molecule has 0 atom stereocenters. The van der Waals surface area contributed by atoms with Crippen LogP contribution < -0.4 is 10.2 Å². The van der Waals surface area contributed by atoms with Gasteiger partial charge in [0.2, 0.25) is 5.91 Å². The van der Waals surface area contributed by atoms with Crippen molar-refractivity contribution in [2.24, 2.45) is 0 Å². The summed E-state index contributed by atoms with van der Waals surface area (Å²) in [6, 6.07) is 18.3. The normalized spacial score (nSPS) is 14.1. The lowest BCUT2D eigenvalue weighted by Crippen LogP contribution is -2.23. The quantitative estimate of drug-likeness (QED) is 0.700. The average Bonchev–Trinajstić information content (AvgIpc) is 3.32. The first-order chi connectivity index (χ1) is 13.2. The predicted octanol–water partition coefficient (Wildman–Crippen LogP) is 4.50. The molecule has 0 unspecified atom stereocenters. The number of hydrogen-bond acceptors (Lipinski definition) is 3. The minimum atomic E-state index is -0.289. The van der Waals surface area contributed by atoms with Gasteiger partial charge in [-0.1, -0.05) is 24.3 Å². The van der Waals surface area contributed by atoms with Crippen LogP contribution in [-0.2, 0) is 17.9 Å². The van der Waals surface area contributed by atoms with Crippen LogP contribution in [-0.4, -0.2) is 12.5 Å². The van der Waals surface area contributed by atoms with E-state index in [1.54, 1.807) is 24.3 Å². The number of hydrogen-bond donors (Lipinski definition) is 1. The fraction of sp³-hybridized carbons (Fsp3) is 0.227. The van der Waals surface area contributed by atoms with E-state index < -0.39 is 0 Å². The largest absolute Gasteiger partial charge is 0.460 e. The van der Waals surface area contributed by atoms with Crippen LogP contribution in [0.2, 0.25) is 0 Å². The summed E-state index contributed by atoms with van der Waals surface area (Å²) < 4.78 is 19.6. The highest BCUT2D eigenvalue weighted by molar-refractivity contribution is 5.95. The third-order valence-electron chi connectivity index (χ3n) is 4.75. The van der Waals surface area contributed by atoms with Gasteiger partial charge in [0.1, 0.15) is 17.3 Å². The van der Waals surface area contributed by atoms with Crippen molar-refractivity contribution in [3.8, 4) is 11.3 Å². The maximum Gasteiger partial charge on any atom is 0.227 e. The second-order valence-electron chi connectivity index (χ2n) is 6.66. The van der Waals surface area contributed by atoms with Gasteiger partial charge in [-0.15, -0.1) is 0 Å². The molecule has 4 nitrogen and oxygen atoms in total. The van der Waals surface area contributed by atoms with E-state index in [0.717, 1.165) is 30.0 Å². The minimum absolute atomic E-state index is 0.198. The Morgan fingerprint density at radius 2 is 1.81 bits per heavy atom. The maximum atomic E-state index is 13.8. The van der Waals surface area contributed by atoms with E-state index in [0.29, 0.717) is 30.8 Å². The van der Waals surface area contributed by atoms with Gasteiger partial charge in [-0.05, 0) is 48.4 Å². The number of nitrogens with one attached hydrogen (secondary N) is 1. The SMILES string of the molecule is O=C1CCCN1c1ccc(CNCc2ccc(-c3ccccc3F)o2)cc1. The number of halogens is 1. The molecule has 27 heavy (non-hydrogen) atoms. The lowest BCUT2D eigenvalue weighted by atomic mass is 10.1. The predicted molar refractivity (Wildman–Crippen MR) is 103 cm³/mol. The topological polar surface area (TPSA) is 45.5 Å². The Morgan fingerprint density at radius 3 is 2.56 bits per heavy atom. The van der Waals surface area contributed by atoms with Crippen LogP contribution in [0.4, 0.5) is 10.1 Å². The lowest BCUT2D eigenvalue weighted by molar-refractivity contribution is -0.117. The van der Waals surface area contributed by atoms with Crippen molar-refractivity contribution in [1.29, 1.82) is 0 Å². The van der Waals surface area contributed by atoms with Crippen LogP contribution in [0, 0.1) is 5.82 Å². The zero-order valence-electron chi connectivity index (χ0n) is 15.0. The van der Waals surface area contributed by atoms with Gasteiger partial charge in [-0.3, -0.25) is 4.79 Å². The highest BCUT2D eigenvalue weighted by Crippen LogP contribution is 2.25. The van der Waals surface area contributed by atoms with Gasteiger partial charge in [0, 0.05) is 25.2 Å². The summed E-state index contributed by atoms with van der Waals surface area (Å²) >= 11 is 0. The Balaban J connectivity index is 1.32. The van der Waals surface area contributed by atoms with E-state index in [4.69, 9.17) is 4.42 Å². The number of nitrogens with zero attached hydrogens (tertiary/aromatic N) is 1. The highest BCUT2D eigenvalue weighted by Gasteiger charge is 2.21. The molecule has 0 radical (unpaired) electrons. The van der Waals surface area contributed by atoms with Crippen LogP contribution >= 0.6 is 0 Å². The second-order valence-corrected chi connectivity index (χ2v) is 6.66. The van der Waals surface area contributed by atoms with E-state index in [1.165, 1.54) is 6.07 Å². The van der Waals surface area contributed by atoms with Crippen molar-refractivity contribution < 1.29 is 13.6 Å². The first-order valence-corrected chi connectivity index (χ1v) is 9.14. The summed E-state index contributed by atoms with van der Waals surface area (Å²) in [4.78, 5) is 13.6. The molecule has 0 bridgehead atoms. The van der Waals surface area contributed by atoms with Crippen LogP contribution in [0.15, 0.2) is 65.1 Å². The zero-order valence-corrected chi connectivity index (χ0v) is 15.0. The number of benzene rings is 2. The van der Waals surface area contributed by atoms with Gasteiger partial charge < -0.3 is 14.6 Å². The molecule has 1 amide bonds. The van der Waals surface area contributed by atoms with Crippen molar-refractivity contribution in [2.75, 3.05) is 11.4 Å². The summed E-state index contributed by atoms with van der Waals surface area (Å²) in [5.74, 6) is 1.20. The molecular formula is C22H21FN2O2.